The molecule has 0 radical (unpaired) electrons. The van der Waals surface area contributed by atoms with E-state index in [1.807, 2.05) is 0 Å². The van der Waals surface area contributed by atoms with Crippen LogP contribution in [-0.4, -0.2) is 50.5 Å². The average molecular weight is 429 g/mol. The summed E-state index contributed by atoms with van der Waals surface area (Å²) in [6, 6.07) is 5.47. The van der Waals surface area contributed by atoms with Gasteiger partial charge in [0.1, 0.15) is 35.2 Å². The highest BCUT2D eigenvalue weighted by atomic mass is 19.1. The number of fused-ring (bicyclic) bond motifs is 1. The van der Waals surface area contributed by atoms with Crippen molar-refractivity contribution in [3.05, 3.63) is 53.6 Å². The van der Waals surface area contributed by atoms with Gasteiger partial charge in [-0.25, -0.2) is 23.1 Å². The number of halogens is 2. The van der Waals surface area contributed by atoms with E-state index in [1.165, 1.54) is 22.8 Å². The molecule has 2 atom stereocenters. The molecule has 1 saturated carbocycles. The summed E-state index contributed by atoms with van der Waals surface area (Å²) in [7, 11) is 0. The zero-order chi connectivity index (χ0) is 21.7. The minimum atomic E-state index is -1.15. The van der Waals surface area contributed by atoms with Crippen LogP contribution in [0.1, 0.15) is 41.2 Å². The number of rotatable bonds is 5. The third kappa shape index (κ3) is 3.56. The number of nitrogens with two attached hydrogens (primary N) is 1. The van der Waals surface area contributed by atoms with Crippen molar-refractivity contribution in [2.45, 2.75) is 43.6 Å². The average Bonchev–Trinajstić information content (AvgIpc) is 3.31. The van der Waals surface area contributed by atoms with Gasteiger partial charge in [0.25, 0.3) is 0 Å². The number of ether oxygens (including phenoxy) is 1. The fourth-order valence-electron chi connectivity index (χ4n) is 4.27. The minimum absolute atomic E-state index is 0.0466. The number of alkyl halides is 1. The van der Waals surface area contributed by atoms with Crippen LogP contribution in [0.5, 0.6) is 5.75 Å². The zero-order valence-electron chi connectivity index (χ0n) is 16.5. The van der Waals surface area contributed by atoms with Gasteiger partial charge in [0.2, 0.25) is 0 Å². The Balaban J connectivity index is 1.52. The van der Waals surface area contributed by atoms with E-state index in [9.17, 15) is 18.7 Å². The first kappa shape index (κ1) is 19.7. The van der Waals surface area contributed by atoms with Crippen LogP contribution in [0.3, 0.4) is 0 Å². The molecule has 1 aromatic carbocycles. The molecule has 3 N–H and O–H groups in total. The van der Waals surface area contributed by atoms with Crippen LogP contribution in [0.4, 0.5) is 14.6 Å². The molecule has 0 spiro atoms. The second kappa shape index (κ2) is 7.45. The summed E-state index contributed by atoms with van der Waals surface area (Å²) in [5.41, 5.74) is 6.48. The van der Waals surface area contributed by atoms with Crippen molar-refractivity contribution in [1.29, 1.82) is 0 Å². The topological polar surface area (TPSA) is 106 Å². The third-order valence-corrected chi connectivity index (χ3v) is 5.88. The number of aromatic carboxylic acids is 1. The van der Waals surface area contributed by atoms with Crippen LogP contribution in [0, 0.1) is 5.82 Å². The molecule has 5 rings (SSSR count). The Morgan fingerprint density at radius 2 is 2.06 bits per heavy atom. The Kier molecular flexibility index (Phi) is 4.73. The Morgan fingerprint density at radius 1 is 1.26 bits per heavy atom. The van der Waals surface area contributed by atoms with Crippen molar-refractivity contribution in [3.63, 3.8) is 0 Å². The summed E-state index contributed by atoms with van der Waals surface area (Å²) in [4.78, 5) is 17.6. The van der Waals surface area contributed by atoms with Crippen LogP contribution in [0.15, 0.2) is 36.7 Å². The van der Waals surface area contributed by atoms with E-state index in [0.717, 1.165) is 0 Å². The number of benzene rings is 1. The van der Waals surface area contributed by atoms with E-state index < -0.39 is 24.0 Å². The number of aromatic nitrogens is 3. The molecule has 1 aliphatic heterocycles. The smallest absolute Gasteiger partial charge is 0.341 e. The molecule has 3 aromatic rings. The molecule has 8 nitrogen and oxygen atoms in total. The normalized spacial score (nSPS) is 25.6. The van der Waals surface area contributed by atoms with Crippen LogP contribution in [0.25, 0.3) is 5.65 Å². The highest BCUT2D eigenvalue weighted by Gasteiger charge is 2.37. The highest BCUT2D eigenvalue weighted by molar-refractivity contribution is 5.94. The molecule has 0 bridgehead atoms. The van der Waals surface area contributed by atoms with E-state index in [1.54, 1.807) is 23.2 Å². The summed E-state index contributed by atoms with van der Waals surface area (Å²) >= 11 is 0. The fourth-order valence-corrected chi connectivity index (χ4v) is 4.27. The maximum atomic E-state index is 14.5. The Labute approximate surface area is 176 Å². The second-order valence-electron chi connectivity index (χ2n) is 8.07. The molecule has 2 fully saturated rings. The number of carbonyl (C=O) groups is 1. The predicted octanol–water partition coefficient (Wildman–Crippen LogP) is 2.72. The van der Waals surface area contributed by atoms with E-state index in [-0.39, 0.29) is 36.3 Å². The van der Waals surface area contributed by atoms with Gasteiger partial charge in [0.05, 0.1) is 18.8 Å². The summed E-state index contributed by atoms with van der Waals surface area (Å²) in [6.07, 6.45) is 3.17. The lowest BCUT2D eigenvalue weighted by atomic mass is 9.90. The van der Waals surface area contributed by atoms with Crippen LogP contribution >= 0.6 is 0 Å². The van der Waals surface area contributed by atoms with Crippen molar-refractivity contribution in [2.75, 3.05) is 11.4 Å². The van der Waals surface area contributed by atoms with Gasteiger partial charge in [-0.05, 0) is 37.1 Å². The maximum Gasteiger partial charge on any atom is 0.341 e. The lowest BCUT2D eigenvalue weighted by Gasteiger charge is -2.34. The Hall–Kier alpha value is -3.27. The van der Waals surface area contributed by atoms with E-state index in [2.05, 4.69) is 10.1 Å². The molecule has 0 unspecified atom stereocenters. The van der Waals surface area contributed by atoms with Gasteiger partial charge in [-0.2, -0.15) is 5.10 Å². The summed E-state index contributed by atoms with van der Waals surface area (Å²) in [5, 5.41) is 13.3. The van der Waals surface area contributed by atoms with E-state index in [0.29, 0.717) is 30.0 Å². The first-order valence-electron chi connectivity index (χ1n) is 10.1. The zero-order valence-corrected chi connectivity index (χ0v) is 16.5. The third-order valence-electron chi connectivity index (χ3n) is 5.88. The number of hydrogen-bond donors (Lipinski definition) is 2. The Morgan fingerprint density at radius 3 is 2.81 bits per heavy atom. The fraction of sp³-hybridized carbons (Fsp3) is 0.381. The first-order valence-corrected chi connectivity index (χ1v) is 10.1. The summed E-state index contributed by atoms with van der Waals surface area (Å²) in [5.74, 6) is -0.705. The molecule has 1 saturated heterocycles. The molecule has 31 heavy (non-hydrogen) atoms. The maximum absolute atomic E-state index is 14.5. The van der Waals surface area contributed by atoms with E-state index in [4.69, 9.17) is 10.5 Å². The number of carboxylic acid groups (broad SMARTS) is 1. The molecular weight excluding hydrogens is 408 g/mol. The number of anilines is 1. The molecule has 1 aliphatic carbocycles. The predicted molar refractivity (Wildman–Crippen MR) is 108 cm³/mol. The molecule has 3 heterocycles. The number of nitrogens with zero attached hydrogens (tertiary/aromatic N) is 4. The van der Waals surface area contributed by atoms with Gasteiger partial charge < -0.3 is 20.5 Å². The largest absolute Gasteiger partial charge is 0.490 e. The minimum Gasteiger partial charge on any atom is -0.490 e. The molecule has 2 aliphatic rings. The van der Waals surface area contributed by atoms with Crippen molar-refractivity contribution in [2.24, 2.45) is 5.73 Å². The number of carboxylic acids is 1. The monoisotopic (exact) mass is 429 g/mol. The molecule has 2 aromatic heterocycles. The Bertz CT molecular complexity index is 1150. The van der Waals surface area contributed by atoms with Gasteiger partial charge >= 0.3 is 5.97 Å². The number of hydrogen-bond acceptors (Lipinski definition) is 6. The molecule has 162 valence electrons. The van der Waals surface area contributed by atoms with Crippen molar-refractivity contribution < 1.29 is 23.4 Å². The van der Waals surface area contributed by atoms with Gasteiger partial charge in [0.15, 0.2) is 5.65 Å². The summed E-state index contributed by atoms with van der Waals surface area (Å²) < 4.78 is 36.1. The lowest BCUT2D eigenvalue weighted by Crippen LogP contribution is -2.43. The molecule has 0 amide bonds. The van der Waals surface area contributed by atoms with Gasteiger partial charge in [-0.15, -0.1) is 0 Å². The van der Waals surface area contributed by atoms with Crippen molar-refractivity contribution in [3.8, 4) is 5.75 Å². The van der Waals surface area contributed by atoms with Crippen molar-refractivity contribution in [1.82, 2.24) is 14.6 Å². The first-order chi connectivity index (χ1) is 14.9. The van der Waals surface area contributed by atoms with Crippen molar-refractivity contribution >= 4 is 17.4 Å². The van der Waals surface area contributed by atoms with Crippen LogP contribution < -0.4 is 15.4 Å². The lowest BCUT2D eigenvalue weighted by molar-refractivity contribution is 0.0698. The van der Waals surface area contributed by atoms with Gasteiger partial charge in [-0.3, -0.25) is 0 Å². The van der Waals surface area contributed by atoms with Gasteiger partial charge in [0, 0.05) is 24.2 Å². The quantitative estimate of drug-likeness (QED) is 0.642. The van der Waals surface area contributed by atoms with Crippen LogP contribution in [-0.2, 0) is 0 Å². The SMILES string of the molecule is NC1CC(Oc2ccc(F)cc2[C@H]2C[C@H](F)CN2c2ccn3ncc(C(=O)O)c3n2)C1. The van der Waals surface area contributed by atoms with Crippen LogP contribution in [0.2, 0.25) is 0 Å². The second-order valence-corrected chi connectivity index (χ2v) is 8.07. The highest BCUT2D eigenvalue weighted by Crippen LogP contribution is 2.42. The summed E-state index contributed by atoms with van der Waals surface area (Å²) in [6.45, 7) is 0.0502. The molecular formula is C21H21F2N5O3. The van der Waals surface area contributed by atoms with E-state index >= 15 is 0 Å². The standard InChI is InChI=1S/C21H21F2N5O3/c22-11-1-2-18(31-14-7-13(24)8-14)15(5-11)17-6-12(23)10-27(17)19-3-4-28-20(26-19)16(9-25-28)21(29)30/h1-5,9,12-14,17H,6-8,10,24H2,(H,29,30)/t12-,13?,14?,17+/m0/s1. The molecule has 10 heteroatoms. The van der Waals surface area contributed by atoms with Gasteiger partial charge in [-0.1, -0.05) is 0 Å².